The van der Waals surface area contributed by atoms with Crippen LogP contribution in [-0.2, 0) is 19.6 Å². The molecule has 0 bridgehead atoms. The fourth-order valence-corrected chi connectivity index (χ4v) is 6.85. The maximum Gasteiger partial charge on any atom is 0.290 e. The lowest BCUT2D eigenvalue weighted by molar-refractivity contribution is -0.122. The number of benzene rings is 1. The van der Waals surface area contributed by atoms with Crippen LogP contribution in [0.4, 0.5) is 0 Å². The predicted octanol–water partition coefficient (Wildman–Crippen LogP) is 3.11. The van der Waals surface area contributed by atoms with Gasteiger partial charge in [0, 0.05) is 30.8 Å². The monoisotopic (exact) mass is 472 g/mol. The predicted molar refractivity (Wildman–Crippen MR) is 120 cm³/mol. The Hall–Kier alpha value is -1.19. The number of hydrogen-bond acceptors (Lipinski definition) is 5. The first-order valence-electron chi connectivity index (χ1n) is 10.8. The quantitative estimate of drug-likeness (QED) is 0.640. The van der Waals surface area contributed by atoms with Crippen molar-refractivity contribution >= 4 is 28.1 Å². The third kappa shape index (κ3) is 5.60. The number of nitrogens with zero attached hydrogens (tertiary/aromatic N) is 2. The molecule has 2 aliphatic carbocycles. The zero-order valence-electron chi connectivity index (χ0n) is 18.4. The molecule has 1 aromatic rings. The van der Waals surface area contributed by atoms with Crippen LogP contribution in [0.15, 0.2) is 23.1 Å². The lowest BCUT2D eigenvalue weighted by Crippen LogP contribution is -2.48. The Morgan fingerprint density at radius 2 is 1.84 bits per heavy atom. The Kier molecular flexibility index (Phi) is 8.02. The SMILES string of the molecule is Cc1c(Cl)cccc1S(=O)(=O)N1C[C@H]2C[C@@H](N(C)C)[C@H](OCC3CC3)C[C@H]2C1.O=CO. The Morgan fingerprint density at radius 1 is 1.23 bits per heavy atom. The maximum atomic E-state index is 13.3. The van der Waals surface area contributed by atoms with Crippen LogP contribution in [0.1, 0.15) is 31.2 Å². The first-order valence-corrected chi connectivity index (χ1v) is 12.6. The first-order chi connectivity index (χ1) is 14.7. The van der Waals surface area contributed by atoms with E-state index in [9.17, 15) is 8.42 Å². The normalized spacial score (nSPS) is 28.7. The molecule has 1 N–H and O–H groups in total. The van der Waals surface area contributed by atoms with Crippen LogP contribution in [0, 0.1) is 24.7 Å². The van der Waals surface area contributed by atoms with E-state index < -0.39 is 10.0 Å². The summed E-state index contributed by atoms with van der Waals surface area (Å²) in [6, 6.07) is 5.48. The number of likely N-dealkylation sites (N-methyl/N-ethyl adjacent to an activating group) is 1. The van der Waals surface area contributed by atoms with Crippen molar-refractivity contribution in [3.63, 3.8) is 0 Å². The molecular formula is C22H33ClN2O5S. The summed E-state index contributed by atoms with van der Waals surface area (Å²) < 4.78 is 34.6. The van der Waals surface area contributed by atoms with Gasteiger partial charge < -0.3 is 14.7 Å². The summed E-state index contributed by atoms with van der Waals surface area (Å²) in [5.74, 6) is 1.50. The zero-order chi connectivity index (χ0) is 22.8. The standard InChI is InChI=1S/C21H31ClN2O3S.CH2O2/c1-14-18(22)5-4-6-21(14)28(25,26)24-11-16-9-19(23(2)3)20(10-17(16)12-24)27-13-15-7-8-15;2-1-3/h4-6,15-17,19-20H,7-13H2,1-3H3;1H,(H,2,3)/t16-,17+,19-,20-;/m1./s1. The summed E-state index contributed by atoms with van der Waals surface area (Å²) in [5.41, 5.74) is 0.635. The van der Waals surface area contributed by atoms with Crippen LogP contribution >= 0.6 is 11.6 Å². The molecule has 3 fully saturated rings. The molecule has 9 heteroatoms. The molecule has 174 valence electrons. The van der Waals surface area contributed by atoms with Crippen molar-refractivity contribution < 1.29 is 23.1 Å². The highest BCUT2D eigenvalue weighted by Crippen LogP contribution is 2.42. The molecule has 4 atom stereocenters. The molecule has 1 aromatic carbocycles. The molecule has 1 heterocycles. The van der Waals surface area contributed by atoms with Crippen molar-refractivity contribution in [2.24, 2.45) is 17.8 Å². The number of halogens is 1. The minimum absolute atomic E-state index is 0.201. The number of carboxylic acid groups (broad SMARTS) is 1. The minimum atomic E-state index is -3.53. The molecule has 31 heavy (non-hydrogen) atoms. The van der Waals surface area contributed by atoms with E-state index in [0.717, 1.165) is 25.4 Å². The average Bonchev–Trinajstić information content (AvgIpc) is 3.44. The number of rotatable bonds is 6. The summed E-state index contributed by atoms with van der Waals surface area (Å²) in [7, 11) is 0.690. The smallest absolute Gasteiger partial charge is 0.290 e. The van der Waals surface area contributed by atoms with E-state index in [-0.39, 0.29) is 12.6 Å². The van der Waals surface area contributed by atoms with Crippen LogP contribution in [0.25, 0.3) is 0 Å². The summed E-state index contributed by atoms with van der Waals surface area (Å²) in [5, 5.41) is 7.39. The largest absolute Gasteiger partial charge is 0.483 e. The highest BCUT2D eigenvalue weighted by molar-refractivity contribution is 7.89. The number of sulfonamides is 1. The van der Waals surface area contributed by atoms with E-state index in [0.29, 0.717) is 46.4 Å². The summed E-state index contributed by atoms with van der Waals surface area (Å²) >= 11 is 6.18. The van der Waals surface area contributed by atoms with Gasteiger partial charge in [0.05, 0.1) is 11.0 Å². The van der Waals surface area contributed by atoms with E-state index in [1.54, 1.807) is 29.4 Å². The summed E-state index contributed by atoms with van der Waals surface area (Å²) in [6.07, 6.45) is 4.72. The topological polar surface area (TPSA) is 87.2 Å². The molecule has 1 aliphatic heterocycles. The van der Waals surface area contributed by atoms with Crippen LogP contribution in [0.5, 0.6) is 0 Å². The number of hydrogen-bond donors (Lipinski definition) is 1. The van der Waals surface area contributed by atoms with Crippen molar-refractivity contribution in [1.29, 1.82) is 0 Å². The third-order valence-corrected chi connectivity index (χ3v) is 9.18. The highest BCUT2D eigenvalue weighted by atomic mass is 35.5. The second kappa shape index (κ2) is 10.2. The Balaban J connectivity index is 0.000000858. The van der Waals surface area contributed by atoms with Gasteiger partial charge in [0.15, 0.2) is 0 Å². The molecule has 1 saturated heterocycles. The lowest BCUT2D eigenvalue weighted by Gasteiger charge is -2.41. The van der Waals surface area contributed by atoms with Crippen LogP contribution in [0.3, 0.4) is 0 Å². The molecule has 4 rings (SSSR count). The number of ether oxygens (including phenoxy) is 1. The highest BCUT2D eigenvalue weighted by Gasteiger charge is 2.47. The Labute approximate surface area is 190 Å². The van der Waals surface area contributed by atoms with Gasteiger partial charge in [-0.3, -0.25) is 4.79 Å². The summed E-state index contributed by atoms with van der Waals surface area (Å²) in [6.45, 7) is 3.57. The fraction of sp³-hybridized carbons (Fsp3) is 0.682. The van der Waals surface area contributed by atoms with Crippen LogP contribution in [-0.4, -0.2) is 75.1 Å². The van der Waals surface area contributed by atoms with Crippen LogP contribution in [0.2, 0.25) is 5.02 Å². The average molecular weight is 473 g/mol. The Morgan fingerprint density at radius 3 is 2.42 bits per heavy atom. The van der Waals surface area contributed by atoms with Gasteiger partial charge in [-0.2, -0.15) is 4.31 Å². The van der Waals surface area contributed by atoms with Gasteiger partial charge in [-0.1, -0.05) is 17.7 Å². The second-order valence-electron chi connectivity index (χ2n) is 9.13. The molecule has 0 amide bonds. The van der Waals surface area contributed by atoms with Gasteiger partial charge in [-0.15, -0.1) is 0 Å². The number of fused-ring (bicyclic) bond motifs is 1. The van der Waals surface area contributed by atoms with E-state index in [1.165, 1.54) is 12.8 Å². The van der Waals surface area contributed by atoms with Gasteiger partial charge in [-0.25, -0.2) is 8.42 Å². The lowest BCUT2D eigenvalue weighted by atomic mass is 9.77. The van der Waals surface area contributed by atoms with Crippen molar-refractivity contribution in [1.82, 2.24) is 9.21 Å². The fourth-order valence-electron chi connectivity index (χ4n) is 4.82. The molecule has 2 saturated carbocycles. The van der Waals surface area contributed by atoms with E-state index in [2.05, 4.69) is 19.0 Å². The Bertz CT molecular complexity index is 875. The van der Waals surface area contributed by atoms with Gasteiger partial charge >= 0.3 is 0 Å². The van der Waals surface area contributed by atoms with Crippen molar-refractivity contribution in [3.8, 4) is 0 Å². The molecule has 0 spiro atoms. The maximum absolute atomic E-state index is 13.3. The molecule has 7 nitrogen and oxygen atoms in total. The zero-order valence-corrected chi connectivity index (χ0v) is 20.0. The molecule has 0 radical (unpaired) electrons. The second-order valence-corrected chi connectivity index (χ2v) is 11.4. The molecule has 0 aromatic heterocycles. The van der Waals surface area contributed by atoms with Gasteiger partial charge in [0.25, 0.3) is 6.47 Å². The van der Waals surface area contributed by atoms with Crippen molar-refractivity contribution in [3.05, 3.63) is 28.8 Å². The van der Waals surface area contributed by atoms with Crippen LogP contribution < -0.4 is 0 Å². The third-order valence-electron chi connectivity index (χ3n) is 6.79. The van der Waals surface area contributed by atoms with Crippen molar-refractivity contribution in [2.75, 3.05) is 33.8 Å². The van der Waals surface area contributed by atoms with Gasteiger partial charge in [-0.05, 0) is 82.2 Å². The number of carbonyl (C=O) groups is 1. The van der Waals surface area contributed by atoms with E-state index >= 15 is 0 Å². The first kappa shape index (κ1) is 24.5. The minimum Gasteiger partial charge on any atom is -0.483 e. The molecule has 0 unspecified atom stereocenters. The summed E-state index contributed by atoms with van der Waals surface area (Å²) in [4.78, 5) is 11.0. The van der Waals surface area contributed by atoms with E-state index in [1.807, 2.05) is 0 Å². The van der Waals surface area contributed by atoms with Gasteiger partial charge in [0.1, 0.15) is 0 Å². The van der Waals surface area contributed by atoms with Gasteiger partial charge in [0.2, 0.25) is 10.0 Å². The van der Waals surface area contributed by atoms with E-state index in [4.69, 9.17) is 26.2 Å². The van der Waals surface area contributed by atoms with Crippen molar-refractivity contribution in [2.45, 2.75) is 49.6 Å². The molecule has 3 aliphatic rings. The molecular weight excluding hydrogens is 440 g/mol.